The van der Waals surface area contributed by atoms with E-state index < -0.39 is 22.8 Å². The number of aromatic nitrogens is 2. The molecule has 154 valence electrons. The molecule has 9 heteroatoms. The van der Waals surface area contributed by atoms with Gasteiger partial charge in [0.15, 0.2) is 5.69 Å². The third-order valence-electron chi connectivity index (χ3n) is 5.85. The van der Waals surface area contributed by atoms with Gasteiger partial charge in [0.1, 0.15) is 11.6 Å². The van der Waals surface area contributed by atoms with Crippen LogP contribution in [0.15, 0.2) is 29.1 Å². The van der Waals surface area contributed by atoms with Crippen molar-refractivity contribution in [3.05, 3.63) is 57.5 Å². The molecule has 0 unspecified atom stereocenters. The fourth-order valence-corrected chi connectivity index (χ4v) is 4.08. The Kier molecular flexibility index (Phi) is 5.10. The minimum Gasteiger partial charge on any atom is -0.501 e. The zero-order valence-corrected chi connectivity index (χ0v) is 16.2. The van der Waals surface area contributed by atoms with Crippen LogP contribution >= 0.6 is 0 Å². The van der Waals surface area contributed by atoms with Crippen LogP contribution in [0.25, 0.3) is 0 Å². The summed E-state index contributed by atoms with van der Waals surface area (Å²) >= 11 is 0. The lowest BCUT2D eigenvalue weighted by molar-refractivity contribution is -0.0407. The van der Waals surface area contributed by atoms with Crippen LogP contribution in [0.5, 0.6) is 5.75 Å². The summed E-state index contributed by atoms with van der Waals surface area (Å²) in [4.78, 5) is 32.1. The molecule has 0 atom stereocenters. The predicted molar refractivity (Wildman–Crippen MR) is 102 cm³/mol. The van der Waals surface area contributed by atoms with Crippen molar-refractivity contribution < 1.29 is 19.0 Å². The van der Waals surface area contributed by atoms with Gasteiger partial charge >= 0.3 is 0 Å². The number of benzene rings is 1. The molecule has 0 bridgehead atoms. The highest BCUT2D eigenvalue weighted by Gasteiger charge is 2.45. The average molecular weight is 402 g/mol. The van der Waals surface area contributed by atoms with E-state index in [2.05, 4.69) is 15.2 Å². The van der Waals surface area contributed by atoms with E-state index in [9.17, 15) is 19.1 Å². The Hall–Kier alpha value is -2.78. The fourth-order valence-electron chi connectivity index (χ4n) is 4.08. The van der Waals surface area contributed by atoms with Crippen molar-refractivity contribution in [1.29, 1.82) is 0 Å². The third kappa shape index (κ3) is 3.40. The zero-order chi connectivity index (χ0) is 20.6. The molecule has 1 amide bonds. The fraction of sp³-hybridized carbons (Fsp3) is 0.450. The maximum absolute atomic E-state index is 13.0. The summed E-state index contributed by atoms with van der Waals surface area (Å²) in [5, 5.41) is 13.0. The molecule has 1 fully saturated rings. The summed E-state index contributed by atoms with van der Waals surface area (Å²) in [6.07, 6.45) is 1.30. The predicted octanol–water partition coefficient (Wildman–Crippen LogP) is 0.969. The lowest BCUT2D eigenvalue weighted by Crippen LogP contribution is -2.56. The molecular formula is C20H23FN4O4. The number of amides is 1. The highest BCUT2D eigenvalue weighted by Crippen LogP contribution is 2.38. The number of halogens is 1. The van der Waals surface area contributed by atoms with Gasteiger partial charge in [-0.3, -0.25) is 19.1 Å². The van der Waals surface area contributed by atoms with Gasteiger partial charge in [-0.2, -0.15) is 0 Å². The monoisotopic (exact) mass is 402 g/mol. The summed E-state index contributed by atoms with van der Waals surface area (Å²) in [6, 6.07) is 5.70. The van der Waals surface area contributed by atoms with Crippen LogP contribution in [0, 0.1) is 5.82 Å². The summed E-state index contributed by atoms with van der Waals surface area (Å²) in [7, 11) is 1.97. The maximum atomic E-state index is 13.0. The minimum absolute atomic E-state index is 0.123. The first-order chi connectivity index (χ1) is 13.9. The first-order valence-corrected chi connectivity index (χ1v) is 9.58. The molecular weight excluding hydrogens is 379 g/mol. The molecule has 1 aromatic heterocycles. The minimum atomic E-state index is -0.655. The molecule has 8 nitrogen and oxygen atoms in total. The van der Waals surface area contributed by atoms with Gasteiger partial charge in [-0.1, -0.05) is 12.1 Å². The van der Waals surface area contributed by atoms with Crippen molar-refractivity contribution in [3.63, 3.8) is 0 Å². The normalized spacial score (nSPS) is 18.4. The number of hydrogen-bond acceptors (Lipinski definition) is 6. The van der Waals surface area contributed by atoms with Gasteiger partial charge in [0.05, 0.1) is 5.54 Å². The van der Waals surface area contributed by atoms with E-state index in [1.165, 1.54) is 16.7 Å². The van der Waals surface area contributed by atoms with Crippen molar-refractivity contribution in [1.82, 2.24) is 19.8 Å². The largest absolute Gasteiger partial charge is 0.501 e. The molecule has 2 aliphatic rings. The Labute approximate surface area is 166 Å². The molecule has 2 aliphatic heterocycles. The Morgan fingerprint density at radius 2 is 1.97 bits per heavy atom. The lowest BCUT2D eigenvalue weighted by Gasteiger charge is -2.47. The van der Waals surface area contributed by atoms with Gasteiger partial charge < -0.3 is 15.2 Å². The van der Waals surface area contributed by atoms with Crippen LogP contribution < -0.4 is 10.9 Å². The number of fused-ring (bicyclic) bond motifs is 2. The highest BCUT2D eigenvalue weighted by atomic mass is 19.1. The molecule has 2 N–H and O–H groups in total. The molecule has 1 aromatic carbocycles. The van der Waals surface area contributed by atoms with E-state index in [1.807, 2.05) is 7.05 Å². The number of nitrogens with zero attached hydrogens (tertiary/aromatic N) is 3. The molecule has 29 heavy (non-hydrogen) atoms. The van der Waals surface area contributed by atoms with Crippen molar-refractivity contribution in [2.75, 3.05) is 26.8 Å². The number of rotatable bonds is 3. The second-order valence-corrected chi connectivity index (χ2v) is 7.46. The number of likely N-dealkylation sites (N-methyl/N-ethyl adjacent to an activating group) is 1. The van der Waals surface area contributed by atoms with Gasteiger partial charge in [0.2, 0.25) is 5.75 Å². The summed E-state index contributed by atoms with van der Waals surface area (Å²) in [5.41, 5.74) is -0.713. The van der Waals surface area contributed by atoms with Gasteiger partial charge in [-0.05, 0) is 37.6 Å². The Morgan fingerprint density at radius 3 is 2.66 bits per heavy atom. The quantitative estimate of drug-likeness (QED) is 0.794. The molecule has 1 saturated heterocycles. The molecule has 0 saturated carbocycles. The standard InChI is InChI=1S/C20H23FN4O4/c1-24-8-9-25-18(28)16(26)15(23-19(25)20(24)6-10-29-11-7-20)17(27)22-12-13-2-4-14(21)5-3-13/h2-5,26H,6-12H2,1H3,(H,22,27). The first-order valence-electron chi connectivity index (χ1n) is 9.58. The zero-order valence-electron chi connectivity index (χ0n) is 16.2. The number of nitrogens with one attached hydrogen (secondary N) is 1. The summed E-state index contributed by atoms with van der Waals surface area (Å²) in [5.74, 6) is -1.18. The molecule has 4 rings (SSSR count). The van der Waals surface area contributed by atoms with Crippen LogP contribution in [-0.4, -0.2) is 52.3 Å². The number of carbonyl (C=O) groups is 1. The number of hydrogen-bond donors (Lipinski definition) is 2. The van der Waals surface area contributed by atoms with Gasteiger partial charge in [0, 0.05) is 32.8 Å². The van der Waals surface area contributed by atoms with E-state index in [0.717, 1.165) is 0 Å². The molecule has 2 aromatic rings. The Morgan fingerprint density at radius 1 is 1.28 bits per heavy atom. The molecule has 3 heterocycles. The van der Waals surface area contributed by atoms with Crippen LogP contribution in [-0.2, 0) is 23.4 Å². The van der Waals surface area contributed by atoms with Gasteiger partial charge in [0.25, 0.3) is 11.5 Å². The molecule has 0 aliphatic carbocycles. The first kappa shape index (κ1) is 19.5. The Bertz CT molecular complexity index is 983. The van der Waals surface area contributed by atoms with E-state index in [-0.39, 0.29) is 18.1 Å². The Balaban J connectivity index is 1.68. The van der Waals surface area contributed by atoms with Crippen LogP contribution in [0.1, 0.15) is 34.7 Å². The average Bonchev–Trinajstić information content (AvgIpc) is 2.73. The number of aromatic hydroxyl groups is 1. The second-order valence-electron chi connectivity index (χ2n) is 7.46. The topological polar surface area (TPSA) is 96.7 Å². The maximum Gasteiger partial charge on any atom is 0.296 e. The van der Waals surface area contributed by atoms with Gasteiger partial charge in [-0.15, -0.1) is 0 Å². The van der Waals surface area contributed by atoms with E-state index >= 15 is 0 Å². The number of ether oxygens (including phenoxy) is 1. The van der Waals surface area contributed by atoms with E-state index in [4.69, 9.17) is 4.74 Å². The molecule has 1 spiro atoms. The highest BCUT2D eigenvalue weighted by molar-refractivity contribution is 5.94. The third-order valence-corrected chi connectivity index (χ3v) is 5.85. The van der Waals surface area contributed by atoms with Gasteiger partial charge in [-0.25, -0.2) is 9.37 Å². The SMILES string of the molecule is CN1CCn2c(nc(C(=O)NCc3ccc(F)cc3)c(O)c2=O)C12CCOCC2. The lowest BCUT2D eigenvalue weighted by atomic mass is 9.85. The van der Waals surface area contributed by atoms with E-state index in [0.29, 0.717) is 50.5 Å². The summed E-state index contributed by atoms with van der Waals surface area (Å²) < 4.78 is 20.0. The van der Waals surface area contributed by atoms with Crippen LogP contribution in [0.3, 0.4) is 0 Å². The van der Waals surface area contributed by atoms with E-state index in [1.54, 1.807) is 12.1 Å². The smallest absolute Gasteiger partial charge is 0.296 e. The van der Waals surface area contributed by atoms with Crippen molar-refractivity contribution in [2.24, 2.45) is 0 Å². The van der Waals surface area contributed by atoms with Crippen molar-refractivity contribution in [2.45, 2.75) is 31.5 Å². The number of carbonyl (C=O) groups excluding carboxylic acids is 1. The van der Waals surface area contributed by atoms with Crippen molar-refractivity contribution >= 4 is 5.91 Å². The summed E-state index contributed by atoms with van der Waals surface area (Å²) in [6.45, 7) is 2.23. The molecule has 0 radical (unpaired) electrons. The second kappa shape index (κ2) is 7.57. The van der Waals surface area contributed by atoms with Crippen molar-refractivity contribution in [3.8, 4) is 5.75 Å². The van der Waals surface area contributed by atoms with Crippen LogP contribution in [0.2, 0.25) is 0 Å². The van der Waals surface area contributed by atoms with Crippen LogP contribution in [0.4, 0.5) is 4.39 Å².